The molecule has 1 fully saturated rings. The summed E-state index contributed by atoms with van der Waals surface area (Å²) in [5, 5.41) is 17.9. The van der Waals surface area contributed by atoms with Crippen molar-refractivity contribution < 1.29 is 14.8 Å². The molecular formula is C13H19BO3. The minimum Gasteiger partial charge on any atom is -0.423 e. The molecule has 0 unspecified atom stereocenters. The van der Waals surface area contributed by atoms with Crippen molar-refractivity contribution in [1.82, 2.24) is 0 Å². The lowest BCUT2D eigenvalue weighted by Gasteiger charge is -2.24. The van der Waals surface area contributed by atoms with E-state index in [2.05, 4.69) is 0 Å². The maximum Gasteiger partial charge on any atom is 0.488 e. The van der Waals surface area contributed by atoms with Gasteiger partial charge in [0.15, 0.2) is 0 Å². The molecule has 0 atom stereocenters. The molecule has 0 amide bonds. The summed E-state index contributed by atoms with van der Waals surface area (Å²) < 4.78 is 5.60. The van der Waals surface area contributed by atoms with Crippen molar-refractivity contribution in [2.24, 2.45) is 5.92 Å². The molecule has 3 nitrogen and oxygen atoms in total. The second-order valence-electron chi connectivity index (χ2n) is 4.75. The average Bonchev–Trinajstić information content (AvgIpc) is 2.27. The highest BCUT2D eigenvalue weighted by atomic mass is 16.5. The zero-order chi connectivity index (χ0) is 12.1. The van der Waals surface area contributed by atoms with Gasteiger partial charge >= 0.3 is 7.12 Å². The van der Waals surface area contributed by atoms with Crippen molar-refractivity contribution in [3.63, 3.8) is 0 Å². The molecule has 0 saturated heterocycles. The lowest BCUT2D eigenvalue weighted by molar-refractivity contribution is 0.0950. The van der Waals surface area contributed by atoms with Crippen molar-refractivity contribution in [1.29, 1.82) is 0 Å². The second kappa shape index (κ2) is 6.19. The van der Waals surface area contributed by atoms with E-state index in [0.29, 0.717) is 12.1 Å². The lowest BCUT2D eigenvalue weighted by atomic mass is 9.80. The highest BCUT2D eigenvalue weighted by molar-refractivity contribution is 6.58. The van der Waals surface area contributed by atoms with Crippen LogP contribution in [0.25, 0.3) is 0 Å². The highest BCUT2D eigenvalue weighted by Crippen LogP contribution is 2.29. The molecule has 1 saturated carbocycles. The van der Waals surface area contributed by atoms with Gasteiger partial charge in [-0.15, -0.1) is 0 Å². The largest absolute Gasteiger partial charge is 0.488 e. The molecule has 4 heteroatoms. The lowest BCUT2D eigenvalue weighted by Crippen LogP contribution is -2.29. The fraction of sp³-hybridized carbons (Fsp3) is 0.538. The molecule has 1 aromatic carbocycles. The smallest absolute Gasteiger partial charge is 0.423 e. The quantitative estimate of drug-likeness (QED) is 0.571. The van der Waals surface area contributed by atoms with Crippen LogP contribution in [-0.2, 0) is 11.3 Å². The van der Waals surface area contributed by atoms with E-state index in [0.717, 1.165) is 18.1 Å². The molecule has 92 valence electrons. The van der Waals surface area contributed by atoms with Crippen LogP contribution in [0.15, 0.2) is 24.3 Å². The Hall–Kier alpha value is -0.835. The van der Waals surface area contributed by atoms with Gasteiger partial charge in [0, 0.05) is 6.61 Å². The van der Waals surface area contributed by atoms with Crippen LogP contribution in [0.2, 0.25) is 0 Å². The monoisotopic (exact) mass is 234 g/mol. The fourth-order valence-corrected chi connectivity index (χ4v) is 2.01. The van der Waals surface area contributed by atoms with Gasteiger partial charge in [-0.25, -0.2) is 0 Å². The zero-order valence-corrected chi connectivity index (χ0v) is 10.0. The first kappa shape index (κ1) is 12.6. The van der Waals surface area contributed by atoms with Crippen LogP contribution in [0.5, 0.6) is 0 Å². The number of hydrogen-bond acceptors (Lipinski definition) is 3. The molecule has 0 bridgehead atoms. The Bertz CT molecular complexity index is 333. The summed E-state index contributed by atoms with van der Waals surface area (Å²) in [6.07, 6.45) is 5.29. The Morgan fingerprint density at radius 1 is 1.18 bits per heavy atom. The van der Waals surface area contributed by atoms with Crippen LogP contribution in [0.1, 0.15) is 31.2 Å². The van der Waals surface area contributed by atoms with E-state index >= 15 is 0 Å². The van der Waals surface area contributed by atoms with E-state index in [1.54, 1.807) is 12.1 Å². The first-order chi connectivity index (χ1) is 8.25. The number of hydrogen-bond donors (Lipinski definition) is 2. The van der Waals surface area contributed by atoms with Crippen molar-refractivity contribution in [3.8, 4) is 0 Å². The summed E-state index contributed by atoms with van der Waals surface area (Å²) in [7, 11) is -1.39. The molecule has 1 aliphatic carbocycles. The SMILES string of the molecule is OB(O)c1ccc(COCCC2CCC2)cc1. The molecule has 17 heavy (non-hydrogen) atoms. The van der Waals surface area contributed by atoms with Gasteiger partial charge in [-0.1, -0.05) is 43.5 Å². The van der Waals surface area contributed by atoms with Gasteiger partial charge in [0.25, 0.3) is 0 Å². The molecule has 1 aromatic rings. The van der Waals surface area contributed by atoms with Crippen LogP contribution in [0.3, 0.4) is 0 Å². The minimum atomic E-state index is -1.39. The van der Waals surface area contributed by atoms with Crippen LogP contribution < -0.4 is 5.46 Å². The zero-order valence-electron chi connectivity index (χ0n) is 10.0. The number of benzene rings is 1. The third kappa shape index (κ3) is 3.84. The molecule has 1 aliphatic rings. The number of rotatable bonds is 6. The van der Waals surface area contributed by atoms with E-state index in [9.17, 15) is 0 Å². The van der Waals surface area contributed by atoms with E-state index < -0.39 is 7.12 Å². The van der Waals surface area contributed by atoms with Gasteiger partial charge < -0.3 is 14.8 Å². The maximum absolute atomic E-state index is 8.95. The van der Waals surface area contributed by atoms with Crippen molar-refractivity contribution in [2.45, 2.75) is 32.3 Å². The highest BCUT2D eigenvalue weighted by Gasteiger charge is 2.16. The van der Waals surface area contributed by atoms with Gasteiger partial charge in [0.2, 0.25) is 0 Å². The van der Waals surface area contributed by atoms with Crippen molar-refractivity contribution in [3.05, 3.63) is 29.8 Å². The summed E-state index contributed by atoms with van der Waals surface area (Å²) in [5.74, 6) is 0.891. The van der Waals surface area contributed by atoms with Crippen molar-refractivity contribution in [2.75, 3.05) is 6.61 Å². The minimum absolute atomic E-state index is 0.517. The average molecular weight is 234 g/mol. The first-order valence-corrected chi connectivity index (χ1v) is 6.28. The Kier molecular flexibility index (Phi) is 4.60. The molecule has 2 rings (SSSR count). The van der Waals surface area contributed by atoms with Gasteiger partial charge in [-0.3, -0.25) is 0 Å². The summed E-state index contributed by atoms with van der Waals surface area (Å²) in [6, 6.07) is 7.18. The third-order valence-corrected chi connectivity index (χ3v) is 3.44. The summed E-state index contributed by atoms with van der Waals surface area (Å²) in [6.45, 7) is 1.43. The molecular weight excluding hydrogens is 215 g/mol. The molecule has 0 aromatic heterocycles. The van der Waals surface area contributed by atoms with E-state index in [1.165, 1.54) is 25.7 Å². The topological polar surface area (TPSA) is 49.7 Å². The van der Waals surface area contributed by atoms with E-state index in [-0.39, 0.29) is 0 Å². The normalized spacial score (nSPS) is 15.6. The second-order valence-corrected chi connectivity index (χ2v) is 4.75. The molecule has 0 radical (unpaired) electrons. The van der Waals surface area contributed by atoms with Crippen LogP contribution in [-0.4, -0.2) is 23.8 Å². The Morgan fingerprint density at radius 3 is 2.41 bits per heavy atom. The first-order valence-electron chi connectivity index (χ1n) is 6.28. The predicted octanol–water partition coefficient (Wildman–Crippen LogP) is 1.07. The van der Waals surface area contributed by atoms with Gasteiger partial charge in [-0.05, 0) is 23.4 Å². The van der Waals surface area contributed by atoms with E-state index in [1.807, 2.05) is 12.1 Å². The number of ether oxygens (including phenoxy) is 1. The third-order valence-electron chi connectivity index (χ3n) is 3.44. The van der Waals surface area contributed by atoms with E-state index in [4.69, 9.17) is 14.8 Å². The van der Waals surface area contributed by atoms with Crippen molar-refractivity contribution >= 4 is 12.6 Å². The standard InChI is InChI=1S/C13H19BO3/c15-14(16)13-6-4-12(5-7-13)10-17-9-8-11-2-1-3-11/h4-7,11,15-16H,1-3,8-10H2. The summed E-state index contributed by atoms with van der Waals surface area (Å²) in [5.41, 5.74) is 1.59. The molecule has 0 aliphatic heterocycles. The molecule has 2 N–H and O–H groups in total. The summed E-state index contributed by atoms with van der Waals surface area (Å²) in [4.78, 5) is 0. The molecule has 0 heterocycles. The predicted molar refractivity (Wildman–Crippen MR) is 67.9 cm³/mol. The Morgan fingerprint density at radius 2 is 1.88 bits per heavy atom. The van der Waals surface area contributed by atoms with Gasteiger partial charge in [0.05, 0.1) is 6.61 Å². The van der Waals surface area contributed by atoms with Crippen LogP contribution >= 0.6 is 0 Å². The van der Waals surface area contributed by atoms with Crippen LogP contribution in [0.4, 0.5) is 0 Å². The van der Waals surface area contributed by atoms with Gasteiger partial charge in [0.1, 0.15) is 0 Å². The summed E-state index contributed by atoms with van der Waals surface area (Å²) >= 11 is 0. The van der Waals surface area contributed by atoms with Crippen LogP contribution in [0, 0.1) is 5.92 Å². The Balaban J connectivity index is 1.67. The maximum atomic E-state index is 8.95. The molecule has 0 spiro atoms. The van der Waals surface area contributed by atoms with Gasteiger partial charge in [-0.2, -0.15) is 0 Å². The fourth-order valence-electron chi connectivity index (χ4n) is 2.01. The Labute approximate surface area is 103 Å².